The lowest BCUT2D eigenvalue weighted by Crippen LogP contribution is -1.93. The van der Waals surface area contributed by atoms with Gasteiger partial charge in [0.2, 0.25) is 0 Å². The first-order chi connectivity index (χ1) is 15.1. The summed E-state index contributed by atoms with van der Waals surface area (Å²) in [7, 11) is 0. The normalized spacial score (nSPS) is 11.3. The van der Waals surface area contributed by atoms with Crippen LogP contribution in [0.15, 0.2) is 71.9 Å². The van der Waals surface area contributed by atoms with Crippen molar-refractivity contribution in [3.05, 3.63) is 88.7 Å². The fourth-order valence-electron chi connectivity index (χ4n) is 3.63. The largest absolute Gasteiger partial charge is 0.240 e. The Hall–Kier alpha value is -2.96. The zero-order chi connectivity index (χ0) is 21.4. The Morgan fingerprint density at radius 1 is 0.903 bits per heavy atom. The Labute approximate surface area is 190 Å². The van der Waals surface area contributed by atoms with Gasteiger partial charge in [-0.2, -0.15) is 5.10 Å². The summed E-state index contributed by atoms with van der Waals surface area (Å²) in [5, 5.41) is 7.18. The molecular weight excluding hydrogens is 420 g/mol. The minimum absolute atomic E-state index is 0.789. The summed E-state index contributed by atoms with van der Waals surface area (Å²) >= 11 is 3.51. The molecule has 3 heterocycles. The zero-order valence-corrected chi connectivity index (χ0v) is 19.3. The van der Waals surface area contributed by atoms with Gasteiger partial charge in [0.15, 0.2) is 0 Å². The molecule has 5 rings (SSSR count). The molecule has 0 bridgehead atoms. The third-order valence-corrected chi connectivity index (χ3v) is 7.45. The Bertz CT molecular complexity index is 1360. The van der Waals surface area contributed by atoms with Crippen molar-refractivity contribution in [3.8, 4) is 16.9 Å². The standard InChI is InChI=1S/C25H22N4S2/c1-16-17(2)31-25-22(16)24(26-18(3)27-25)30-15-20-14-29(21-12-8-5-9-13-21)28-23(20)19-10-6-4-7-11-19/h4-14H,15H2,1-3H3. The van der Waals surface area contributed by atoms with Gasteiger partial charge in [-0.3, -0.25) is 0 Å². The van der Waals surface area contributed by atoms with Crippen molar-refractivity contribution < 1.29 is 0 Å². The van der Waals surface area contributed by atoms with Gasteiger partial charge in [0.25, 0.3) is 0 Å². The van der Waals surface area contributed by atoms with E-state index in [-0.39, 0.29) is 0 Å². The van der Waals surface area contributed by atoms with Crippen molar-refractivity contribution in [2.75, 3.05) is 0 Å². The predicted molar refractivity (Wildman–Crippen MR) is 130 cm³/mol. The summed E-state index contributed by atoms with van der Waals surface area (Å²) in [4.78, 5) is 11.8. The second-order valence-corrected chi connectivity index (χ2v) is 9.64. The minimum Gasteiger partial charge on any atom is -0.240 e. The number of thioether (sulfide) groups is 1. The average molecular weight is 443 g/mol. The molecule has 0 amide bonds. The molecule has 0 N–H and O–H groups in total. The van der Waals surface area contributed by atoms with Gasteiger partial charge in [-0.15, -0.1) is 23.1 Å². The summed E-state index contributed by atoms with van der Waals surface area (Å²) in [5.41, 5.74) is 5.66. The maximum atomic E-state index is 4.94. The van der Waals surface area contributed by atoms with Gasteiger partial charge in [-0.25, -0.2) is 14.6 Å². The molecular formula is C25H22N4S2. The van der Waals surface area contributed by atoms with Crippen LogP contribution in [-0.4, -0.2) is 19.7 Å². The molecule has 154 valence electrons. The number of hydrogen-bond acceptors (Lipinski definition) is 5. The number of rotatable bonds is 5. The fraction of sp³-hybridized carbons (Fsp3) is 0.160. The number of aryl methyl sites for hydroxylation is 3. The van der Waals surface area contributed by atoms with Crippen LogP contribution in [-0.2, 0) is 5.75 Å². The molecule has 6 heteroatoms. The number of aromatic nitrogens is 4. The monoisotopic (exact) mass is 442 g/mol. The molecule has 0 fully saturated rings. The second-order valence-electron chi connectivity index (χ2n) is 7.48. The molecule has 0 unspecified atom stereocenters. The first-order valence-corrected chi connectivity index (χ1v) is 12.0. The van der Waals surface area contributed by atoms with E-state index in [1.54, 1.807) is 23.1 Å². The molecule has 5 aromatic rings. The van der Waals surface area contributed by atoms with E-state index in [2.05, 4.69) is 61.4 Å². The van der Waals surface area contributed by atoms with Gasteiger partial charge in [0.1, 0.15) is 15.7 Å². The van der Waals surface area contributed by atoms with Crippen molar-refractivity contribution in [1.29, 1.82) is 0 Å². The van der Waals surface area contributed by atoms with Crippen molar-refractivity contribution >= 4 is 33.3 Å². The third-order valence-electron chi connectivity index (χ3n) is 5.33. The van der Waals surface area contributed by atoms with E-state index >= 15 is 0 Å². The van der Waals surface area contributed by atoms with E-state index in [9.17, 15) is 0 Å². The highest BCUT2D eigenvalue weighted by Gasteiger charge is 2.17. The van der Waals surface area contributed by atoms with Gasteiger partial charge < -0.3 is 0 Å². The van der Waals surface area contributed by atoms with Crippen LogP contribution in [0.2, 0.25) is 0 Å². The molecule has 0 aliphatic heterocycles. The summed E-state index contributed by atoms with van der Waals surface area (Å²) < 4.78 is 1.97. The molecule has 0 saturated heterocycles. The average Bonchev–Trinajstić information content (AvgIpc) is 3.34. The minimum atomic E-state index is 0.789. The Morgan fingerprint density at radius 2 is 1.61 bits per heavy atom. The van der Waals surface area contributed by atoms with Crippen LogP contribution >= 0.6 is 23.1 Å². The fourth-order valence-corrected chi connectivity index (χ4v) is 5.87. The summed E-state index contributed by atoms with van der Waals surface area (Å²) in [5.74, 6) is 1.61. The van der Waals surface area contributed by atoms with E-state index in [1.807, 2.05) is 35.9 Å². The first kappa shape index (κ1) is 20.0. The number of thiophene rings is 1. The van der Waals surface area contributed by atoms with Crippen LogP contribution in [0.4, 0.5) is 0 Å². The van der Waals surface area contributed by atoms with Crippen molar-refractivity contribution in [3.63, 3.8) is 0 Å². The van der Waals surface area contributed by atoms with E-state index in [0.29, 0.717) is 0 Å². The van der Waals surface area contributed by atoms with E-state index in [4.69, 9.17) is 10.1 Å². The van der Waals surface area contributed by atoms with Gasteiger partial charge in [-0.1, -0.05) is 48.5 Å². The SMILES string of the molecule is Cc1nc(SCc2cn(-c3ccccc3)nc2-c2ccccc2)c2c(C)c(C)sc2n1. The first-order valence-electron chi connectivity index (χ1n) is 10.2. The number of benzene rings is 2. The highest BCUT2D eigenvalue weighted by Crippen LogP contribution is 2.37. The number of para-hydroxylation sites is 1. The van der Waals surface area contributed by atoms with Crippen LogP contribution in [0, 0.1) is 20.8 Å². The van der Waals surface area contributed by atoms with Gasteiger partial charge >= 0.3 is 0 Å². The van der Waals surface area contributed by atoms with Gasteiger partial charge in [0.05, 0.1) is 11.4 Å². The number of nitrogens with zero attached hydrogens (tertiary/aromatic N) is 4. The van der Waals surface area contributed by atoms with E-state index < -0.39 is 0 Å². The molecule has 0 aliphatic carbocycles. The Morgan fingerprint density at radius 3 is 2.35 bits per heavy atom. The van der Waals surface area contributed by atoms with E-state index in [1.165, 1.54) is 21.4 Å². The smallest absolute Gasteiger partial charge is 0.128 e. The number of hydrogen-bond donors (Lipinski definition) is 0. The summed E-state index contributed by atoms with van der Waals surface area (Å²) in [6.07, 6.45) is 2.14. The Balaban J connectivity index is 1.55. The molecule has 3 aromatic heterocycles. The van der Waals surface area contributed by atoms with Crippen LogP contribution in [0.3, 0.4) is 0 Å². The van der Waals surface area contributed by atoms with Crippen molar-refractivity contribution in [2.24, 2.45) is 0 Å². The molecule has 2 aromatic carbocycles. The van der Waals surface area contributed by atoms with E-state index in [0.717, 1.165) is 38.4 Å². The van der Waals surface area contributed by atoms with Crippen LogP contribution < -0.4 is 0 Å². The molecule has 4 nitrogen and oxygen atoms in total. The maximum absolute atomic E-state index is 4.94. The molecule has 0 saturated carbocycles. The van der Waals surface area contributed by atoms with Gasteiger partial charge in [0, 0.05) is 33.3 Å². The lowest BCUT2D eigenvalue weighted by Gasteiger charge is -2.06. The third kappa shape index (κ3) is 3.89. The quantitative estimate of drug-likeness (QED) is 0.223. The molecule has 0 spiro atoms. The highest BCUT2D eigenvalue weighted by molar-refractivity contribution is 7.98. The van der Waals surface area contributed by atoms with Gasteiger partial charge in [-0.05, 0) is 38.5 Å². The molecule has 0 aliphatic rings. The lowest BCUT2D eigenvalue weighted by molar-refractivity contribution is 0.884. The molecule has 0 atom stereocenters. The van der Waals surface area contributed by atoms with Crippen molar-refractivity contribution in [1.82, 2.24) is 19.7 Å². The van der Waals surface area contributed by atoms with Crippen LogP contribution in [0.25, 0.3) is 27.2 Å². The predicted octanol–water partition coefficient (Wildman–Crippen LogP) is 6.76. The van der Waals surface area contributed by atoms with Crippen LogP contribution in [0.5, 0.6) is 0 Å². The topological polar surface area (TPSA) is 43.6 Å². The summed E-state index contributed by atoms with van der Waals surface area (Å²) in [6, 6.07) is 20.6. The zero-order valence-electron chi connectivity index (χ0n) is 17.7. The highest BCUT2D eigenvalue weighted by atomic mass is 32.2. The lowest BCUT2D eigenvalue weighted by atomic mass is 10.1. The second kappa shape index (κ2) is 8.29. The van der Waals surface area contributed by atoms with Crippen LogP contribution in [0.1, 0.15) is 21.8 Å². The Kier molecular flexibility index (Phi) is 5.34. The molecule has 31 heavy (non-hydrogen) atoms. The van der Waals surface area contributed by atoms with Crippen molar-refractivity contribution in [2.45, 2.75) is 31.6 Å². The maximum Gasteiger partial charge on any atom is 0.128 e. The summed E-state index contributed by atoms with van der Waals surface area (Å²) in [6.45, 7) is 6.29. The number of fused-ring (bicyclic) bond motifs is 1. The molecule has 0 radical (unpaired) electrons.